The summed E-state index contributed by atoms with van der Waals surface area (Å²) in [6.07, 6.45) is 3.96. The van der Waals surface area contributed by atoms with Crippen LogP contribution < -0.4 is 9.30 Å². The molecule has 3 nitrogen and oxygen atoms in total. The molecule has 0 saturated carbocycles. The van der Waals surface area contributed by atoms with Gasteiger partial charge in [0.1, 0.15) is 12.8 Å². The largest absolute Gasteiger partial charge is 0.496 e. The van der Waals surface area contributed by atoms with E-state index in [2.05, 4.69) is 54.0 Å². The minimum absolute atomic E-state index is 0.869. The molecule has 0 fully saturated rings. The van der Waals surface area contributed by atoms with Crippen molar-refractivity contribution in [3.05, 3.63) is 54.4 Å². The Bertz CT molecular complexity index is 1040. The average molecular weight is 289 g/mol. The highest BCUT2D eigenvalue weighted by molar-refractivity contribution is 6.24. The molecule has 0 radical (unpaired) electrons. The van der Waals surface area contributed by atoms with Crippen LogP contribution in [-0.2, 0) is 7.05 Å². The van der Waals surface area contributed by atoms with Gasteiger partial charge in [0.15, 0.2) is 6.20 Å². The van der Waals surface area contributed by atoms with Crippen LogP contribution in [0.3, 0.4) is 0 Å². The lowest BCUT2D eigenvalue weighted by Crippen LogP contribution is -2.28. The number of hydrogen-bond acceptors (Lipinski definition) is 2. The standard InChI is InChI=1S/C19H17N2O/c1-12-9-10-20-18-16(12)19-14(7-5-11-21(19)2)13-6-4-8-15(22-3)17(13)18/h4-11H,1-3H3/q+1. The normalized spacial score (nSPS) is 11.4. The summed E-state index contributed by atoms with van der Waals surface area (Å²) in [7, 11) is 3.80. The number of benzene rings is 2. The molecule has 0 aliphatic carbocycles. The first-order valence-electron chi connectivity index (χ1n) is 7.34. The smallest absolute Gasteiger partial charge is 0.222 e. The van der Waals surface area contributed by atoms with Gasteiger partial charge in [0.05, 0.1) is 28.8 Å². The van der Waals surface area contributed by atoms with E-state index in [0.29, 0.717) is 0 Å². The zero-order chi connectivity index (χ0) is 15.3. The number of ether oxygens (including phenoxy) is 1. The third-order valence-electron chi connectivity index (χ3n) is 4.35. The number of methoxy groups -OCH3 is 1. The molecule has 0 bridgehead atoms. The van der Waals surface area contributed by atoms with Crippen molar-refractivity contribution in [2.24, 2.45) is 7.05 Å². The van der Waals surface area contributed by atoms with Crippen LogP contribution in [0, 0.1) is 6.92 Å². The molecule has 4 aromatic rings. The van der Waals surface area contributed by atoms with Crippen molar-refractivity contribution in [2.45, 2.75) is 6.92 Å². The van der Waals surface area contributed by atoms with Crippen LogP contribution in [-0.4, -0.2) is 12.1 Å². The molecule has 4 rings (SSSR count). The molecule has 3 heteroatoms. The first-order valence-corrected chi connectivity index (χ1v) is 7.34. The van der Waals surface area contributed by atoms with Gasteiger partial charge in [0.2, 0.25) is 5.52 Å². The molecule has 0 N–H and O–H groups in total. The van der Waals surface area contributed by atoms with Crippen molar-refractivity contribution in [1.29, 1.82) is 0 Å². The van der Waals surface area contributed by atoms with Crippen LogP contribution in [0.2, 0.25) is 0 Å². The average Bonchev–Trinajstić information content (AvgIpc) is 2.54. The second kappa shape index (κ2) is 4.67. The van der Waals surface area contributed by atoms with Crippen molar-refractivity contribution < 1.29 is 9.30 Å². The Balaban J connectivity index is 2.47. The number of fused-ring (bicyclic) bond motifs is 6. The second-order valence-electron chi connectivity index (χ2n) is 5.62. The van der Waals surface area contributed by atoms with E-state index in [1.54, 1.807) is 7.11 Å². The first-order chi connectivity index (χ1) is 10.7. The molecule has 0 spiro atoms. The number of nitrogens with zero attached hydrogens (tertiary/aromatic N) is 2. The van der Waals surface area contributed by atoms with Gasteiger partial charge in [0.25, 0.3) is 0 Å². The van der Waals surface area contributed by atoms with Crippen LogP contribution in [0.4, 0.5) is 0 Å². The van der Waals surface area contributed by atoms with E-state index >= 15 is 0 Å². The molecule has 108 valence electrons. The maximum Gasteiger partial charge on any atom is 0.222 e. The van der Waals surface area contributed by atoms with Gasteiger partial charge in [-0.25, -0.2) is 4.57 Å². The monoisotopic (exact) mass is 289 g/mol. The minimum Gasteiger partial charge on any atom is -0.496 e. The summed E-state index contributed by atoms with van der Waals surface area (Å²) in [5.41, 5.74) is 3.44. The van der Waals surface area contributed by atoms with Gasteiger partial charge in [-0.2, -0.15) is 0 Å². The predicted octanol–water partition coefficient (Wildman–Crippen LogP) is 3.68. The summed E-state index contributed by atoms with van der Waals surface area (Å²) in [6.45, 7) is 2.14. The topological polar surface area (TPSA) is 26.0 Å². The summed E-state index contributed by atoms with van der Waals surface area (Å²) in [4.78, 5) is 4.68. The third kappa shape index (κ3) is 1.62. The minimum atomic E-state index is 0.869. The Morgan fingerprint density at radius 2 is 1.82 bits per heavy atom. The maximum absolute atomic E-state index is 5.61. The highest BCUT2D eigenvalue weighted by Gasteiger charge is 2.19. The summed E-state index contributed by atoms with van der Waals surface area (Å²) in [5.74, 6) is 0.869. The SMILES string of the molecule is COc1cccc2c3ccc[n+](C)c3c3c(C)ccnc3c12. The molecule has 0 aliphatic heterocycles. The van der Waals surface area contributed by atoms with Gasteiger partial charge in [0, 0.05) is 17.6 Å². The quantitative estimate of drug-likeness (QED) is 0.394. The fraction of sp³-hybridized carbons (Fsp3) is 0.158. The number of rotatable bonds is 1. The van der Waals surface area contributed by atoms with Gasteiger partial charge in [-0.15, -0.1) is 0 Å². The maximum atomic E-state index is 5.61. The second-order valence-corrected chi connectivity index (χ2v) is 5.62. The molecule has 22 heavy (non-hydrogen) atoms. The van der Waals surface area contributed by atoms with Crippen LogP contribution in [0.5, 0.6) is 5.75 Å². The van der Waals surface area contributed by atoms with Crippen molar-refractivity contribution in [3.8, 4) is 5.75 Å². The summed E-state index contributed by atoms with van der Waals surface area (Å²) < 4.78 is 7.78. The van der Waals surface area contributed by atoms with E-state index in [9.17, 15) is 0 Å². The van der Waals surface area contributed by atoms with E-state index in [4.69, 9.17) is 4.74 Å². The zero-order valence-corrected chi connectivity index (χ0v) is 12.9. The molecule has 0 saturated heterocycles. The van der Waals surface area contributed by atoms with E-state index < -0.39 is 0 Å². The lowest BCUT2D eigenvalue weighted by Gasteiger charge is -2.12. The van der Waals surface area contributed by atoms with Gasteiger partial charge in [-0.05, 0) is 30.7 Å². The fourth-order valence-electron chi connectivity index (χ4n) is 3.36. The first kappa shape index (κ1) is 13.0. The Morgan fingerprint density at radius 3 is 2.64 bits per heavy atom. The van der Waals surface area contributed by atoms with E-state index in [1.165, 1.54) is 27.2 Å². The molecule has 2 aromatic heterocycles. The Kier molecular flexibility index (Phi) is 2.76. The molecule has 0 aliphatic rings. The fourth-order valence-corrected chi connectivity index (χ4v) is 3.36. The van der Waals surface area contributed by atoms with Crippen LogP contribution in [0.25, 0.3) is 32.6 Å². The number of aryl methyl sites for hydroxylation is 2. The number of aromatic nitrogens is 2. The third-order valence-corrected chi connectivity index (χ3v) is 4.35. The molecule has 2 aromatic carbocycles. The molecule has 0 atom stereocenters. The van der Waals surface area contributed by atoms with Crippen molar-refractivity contribution in [3.63, 3.8) is 0 Å². The van der Waals surface area contributed by atoms with Gasteiger partial charge >= 0.3 is 0 Å². The number of hydrogen-bond donors (Lipinski definition) is 0. The van der Waals surface area contributed by atoms with Crippen molar-refractivity contribution in [2.75, 3.05) is 7.11 Å². The number of pyridine rings is 2. The summed E-state index contributed by atoms with van der Waals surface area (Å²) in [6, 6.07) is 12.5. The predicted molar refractivity (Wildman–Crippen MR) is 89.2 cm³/mol. The molecular formula is C19H17N2O+. The molecular weight excluding hydrogens is 272 g/mol. The molecule has 0 amide bonds. The lowest BCUT2D eigenvalue weighted by molar-refractivity contribution is -0.644. The summed E-state index contributed by atoms with van der Waals surface area (Å²) >= 11 is 0. The molecule has 2 heterocycles. The highest BCUT2D eigenvalue weighted by atomic mass is 16.5. The molecule has 0 unspecified atom stereocenters. The van der Waals surface area contributed by atoms with Gasteiger partial charge < -0.3 is 4.74 Å². The van der Waals surface area contributed by atoms with E-state index in [-0.39, 0.29) is 0 Å². The van der Waals surface area contributed by atoms with Crippen molar-refractivity contribution >= 4 is 32.6 Å². The van der Waals surface area contributed by atoms with E-state index in [0.717, 1.165) is 16.7 Å². The van der Waals surface area contributed by atoms with Crippen LogP contribution in [0.15, 0.2) is 48.8 Å². The Hall–Kier alpha value is -2.68. The lowest BCUT2D eigenvalue weighted by atomic mass is 9.97. The van der Waals surface area contributed by atoms with E-state index in [1.807, 2.05) is 18.3 Å². The van der Waals surface area contributed by atoms with Gasteiger partial charge in [-0.3, -0.25) is 4.98 Å². The Morgan fingerprint density at radius 1 is 1.00 bits per heavy atom. The Labute approximate surface area is 128 Å². The van der Waals surface area contributed by atoms with Crippen LogP contribution >= 0.6 is 0 Å². The van der Waals surface area contributed by atoms with Gasteiger partial charge in [-0.1, -0.05) is 12.1 Å². The summed E-state index contributed by atoms with van der Waals surface area (Å²) in [5, 5.41) is 4.68. The zero-order valence-electron chi connectivity index (χ0n) is 12.9. The van der Waals surface area contributed by atoms with Crippen LogP contribution in [0.1, 0.15) is 5.56 Å². The highest BCUT2D eigenvalue weighted by Crippen LogP contribution is 2.38. The van der Waals surface area contributed by atoms with Crippen molar-refractivity contribution in [1.82, 2.24) is 4.98 Å².